The van der Waals surface area contributed by atoms with Gasteiger partial charge in [-0.15, -0.1) is 0 Å². The van der Waals surface area contributed by atoms with E-state index >= 15 is 0 Å². The van der Waals surface area contributed by atoms with Crippen LogP contribution in [0, 0.1) is 17.8 Å². The SMILES string of the molecule is CCCC(C)C1CC(C)C=C[C@H]1N. The molecule has 0 bridgehead atoms. The van der Waals surface area contributed by atoms with Gasteiger partial charge in [0.2, 0.25) is 0 Å². The van der Waals surface area contributed by atoms with E-state index < -0.39 is 0 Å². The van der Waals surface area contributed by atoms with Gasteiger partial charge in [0.25, 0.3) is 0 Å². The lowest BCUT2D eigenvalue weighted by Crippen LogP contribution is -2.36. The van der Waals surface area contributed by atoms with E-state index in [1.165, 1.54) is 19.3 Å². The van der Waals surface area contributed by atoms with E-state index in [-0.39, 0.29) is 0 Å². The molecule has 0 aromatic carbocycles. The molecular weight excluding hydrogens is 158 g/mol. The zero-order valence-corrected chi connectivity index (χ0v) is 9.16. The Bertz CT molecular complexity index is 174. The summed E-state index contributed by atoms with van der Waals surface area (Å²) in [6, 6.07) is 0.303. The van der Waals surface area contributed by atoms with Crippen LogP contribution in [0.1, 0.15) is 40.0 Å². The zero-order valence-electron chi connectivity index (χ0n) is 9.16. The first-order chi connectivity index (χ1) is 6.15. The standard InChI is InChI=1S/C12H23N/c1-4-5-10(3)11-8-9(2)6-7-12(11)13/h6-7,9-12H,4-5,8,13H2,1-3H3/t9?,10?,11?,12-/m1/s1. The van der Waals surface area contributed by atoms with Gasteiger partial charge in [-0.2, -0.15) is 0 Å². The summed E-state index contributed by atoms with van der Waals surface area (Å²) >= 11 is 0. The minimum absolute atomic E-state index is 0.303. The molecule has 0 aromatic rings. The van der Waals surface area contributed by atoms with E-state index in [1.807, 2.05) is 0 Å². The van der Waals surface area contributed by atoms with Crippen LogP contribution in [0.3, 0.4) is 0 Å². The van der Waals surface area contributed by atoms with Gasteiger partial charge in [0.05, 0.1) is 0 Å². The lowest BCUT2D eigenvalue weighted by molar-refractivity contribution is 0.258. The highest BCUT2D eigenvalue weighted by molar-refractivity contribution is 5.03. The summed E-state index contributed by atoms with van der Waals surface area (Å²) in [5.74, 6) is 2.22. The van der Waals surface area contributed by atoms with Crippen LogP contribution in [-0.2, 0) is 0 Å². The van der Waals surface area contributed by atoms with Crippen molar-refractivity contribution in [2.45, 2.75) is 46.1 Å². The number of allylic oxidation sites excluding steroid dienone is 1. The van der Waals surface area contributed by atoms with Crippen molar-refractivity contribution in [3.63, 3.8) is 0 Å². The highest BCUT2D eigenvalue weighted by atomic mass is 14.7. The first kappa shape index (κ1) is 10.8. The summed E-state index contributed by atoms with van der Waals surface area (Å²) in [6.45, 7) is 6.89. The van der Waals surface area contributed by atoms with Crippen molar-refractivity contribution in [1.29, 1.82) is 0 Å². The highest BCUT2D eigenvalue weighted by Gasteiger charge is 2.26. The van der Waals surface area contributed by atoms with Gasteiger partial charge in [0.1, 0.15) is 0 Å². The average Bonchev–Trinajstić information content (AvgIpc) is 2.09. The first-order valence-electron chi connectivity index (χ1n) is 5.59. The Balaban J connectivity index is 2.53. The molecule has 0 amide bonds. The summed E-state index contributed by atoms with van der Waals surface area (Å²) in [6.07, 6.45) is 8.34. The molecule has 0 saturated heterocycles. The van der Waals surface area contributed by atoms with Crippen molar-refractivity contribution in [2.75, 3.05) is 0 Å². The smallest absolute Gasteiger partial charge is 0.0255 e. The molecule has 76 valence electrons. The van der Waals surface area contributed by atoms with Gasteiger partial charge in [0, 0.05) is 6.04 Å². The zero-order chi connectivity index (χ0) is 9.84. The molecule has 1 aliphatic carbocycles. The minimum Gasteiger partial charge on any atom is -0.324 e. The normalized spacial score (nSPS) is 36.2. The predicted molar refractivity (Wildman–Crippen MR) is 58.5 cm³/mol. The number of nitrogens with two attached hydrogens (primary N) is 1. The van der Waals surface area contributed by atoms with Crippen molar-refractivity contribution in [3.05, 3.63) is 12.2 Å². The molecular formula is C12H23N. The third-order valence-corrected chi connectivity index (χ3v) is 3.28. The maximum Gasteiger partial charge on any atom is 0.0255 e. The highest BCUT2D eigenvalue weighted by Crippen LogP contribution is 2.30. The van der Waals surface area contributed by atoms with E-state index in [4.69, 9.17) is 5.73 Å². The maximum absolute atomic E-state index is 6.09. The Morgan fingerprint density at radius 2 is 2.15 bits per heavy atom. The summed E-state index contributed by atoms with van der Waals surface area (Å²) in [5.41, 5.74) is 6.09. The molecule has 0 saturated carbocycles. The van der Waals surface area contributed by atoms with Gasteiger partial charge in [-0.1, -0.05) is 45.8 Å². The Hall–Kier alpha value is -0.300. The lowest BCUT2D eigenvalue weighted by Gasteiger charge is -2.32. The van der Waals surface area contributed by atoms with Crippen LogP contribution in [0.5, 0.6) is 0 Å². The van der Waals surface area contributed by atoms with E-state index in [0.29, 0.717) is 12.0 Å². The second-order valence-electron chi connectivity index (χ2n) is 4.61. The molecule has 0 heterocycles. The second-order valence-corrected chi connectivity index (χ2v) is 4.61. The molecule has 1 nitrogen and oxygen atoms in total. The number of hydrogen-bond acceptors (Lipinski definition) is 1. The number of hydrogen-bond donors (Lipinski definition) is 1. The Labute approximate surface area is 82.4 Å². The molecule has 3 unspecified atom stereocenters. The van der Waals surface area contributed by atoms with Crippen molar-refractivity contribution < 1.29 is 0 Å². The van der Waals surface area contributed by atoms with Gasteiger partial charge in [0.15, 0.2) is 0 Å². The van der Waals surface area contributed by atoms with Gasteiger partial charge in [-0.3, -0.25) is 0 Å². The van der Waals surface area contributed by atoms with Crippen LogP contribution >= 0.6 is 0 Å². The molecule has 2 N–H and O–H groups in total. The summed E-state index contributed by atoms with van der Waals surface area (Å²) in [7, 11) is 0. The fraction of sp³-hybridized carbons (Fsp3) is 0.833. The van der Waals surface area contributed by atoms with Gasteiger partial charge in [-0.05, 0) is 24.2 Å². The second kappa shape index (κ2) is 4.80. The third-order valence-electron chi connectivity index (χ3n) is 3.28. The Kier molecular flexibility index (Phi) is 3.98. The van der Waals surface area contributed by atoms with Crippen molar-refractivity contribution in [2.24, 2.45) is 23.5 Å². The Morgan fingerprint density at radius 1 is 1.46 bits per heavy atom. The molecule has 0 radical (unpaired) electrons. The van der Waals surface area contributed by atoms with Crippen molar-refractivity contribution in [1.82, 2.24) is 0 Å². The molecule has 13 heavy (non-hydrogen) atoms. The van der Waals surface area contributed by atoms with E-state index in [1.54, 1.807) is 0 Å². The molecule has 4 atom stereocenters. The number of rotatable bonds is 3. The van der Waals surface area contributed by atoms with Crippen LogP contribution in [0.15, 0.2) is 12.2 Å². The van der Waals surface area contributed by atoms with Crippen LogP contribution < -0.4 is 5.73 Å². The predicted octanol–water partition coefficient (Wildman–Crippen LogP) is 2.96. The largest absolute Gasteiger partial charge is 0.324 e. The molecule has 1 heteroatoms. The van der Waals surface area contributed by atoms with Crippen molar-refractivity contribution in [3.8, 4) is 0 Å². The molecule has 1 aliphatic rings. The maximum atomic E-state index is 6.09. The molecule has 1 rings (SSSR count). The van der Waals surface area contributed by atoms with Gasteiger partial charge < -0.3 is 5.73 Å². The molecule has 0 aromatic heterocycles. The molecule has 0 spiro atoms. The summed E-state index contributed by atoms with van der Waals surface area (Å²) in [4.78, 5) is 0. The molecule has 0 fully saturated rings. The fourth-order valence-corrected chi connectivity index (χ4v) is 2.41. The lowest BCUT2D eigenvalue weighted by atomic mass is 9.76. The van der Waals surface area contributed by atoms with Crippen LogP contribution in [-0.4, -0.2) is 6.04 Å². The summed E-state index contributed by atoms with van der Waals surface area (Å²) in [5, 5.41) is 0. The van der Waals surface area contributed by atoms with E-state index in [0.717, 1.165) is 11.8 Å². The van der Waals surface area contributed by atoms with Crippen molar-refractivity contribution >= 4 is 0 Å². The Morgan fingerprint density at radius 3 is 2.77 bits per heavy atom. The summed E-state index contributed by atoms with van der Waals surface area (Å²) < 4.78 is 0. The van der Waals surface area contributed by atoms with Crippen LogP contribution in [0.4, 0.5) is 0 Å². The van der Waals surface area contributed by atoms with Gasteiger partial charge >= 0.3 is 0 Å². The average molecular weight is 181 g/mol. The minimum atomic E-state index is 0.303. The topological polar surface area (TPSA) is 26.0 Å². The monoisotopic (exact) mass is 181 g/mol. The van der Waals surface area contributed by atoms with Crippen LogP contribution in [0.25, 0.3) is 0 Å². The van der Waals surface area contributed by atoms with E-state index in [9.17, 15) is 0 Å². The quantitative estimate of drug-likeness (QED) is 0.666. The fourth-order valence-electron chi connectivity index (χ4n) is 2.41. The first-order valence-corrected chi connectivity index (χ1v) is 5.59. The van der Waals surface area contributed by atoms with E-state index in [2.05, 4.69) is 32.9 Å². The van der Waals surface area contributed by atoms with Crippen LogP contribution in [0.2, 0.25) is 0 Å². The van der Waals surface area contributed by atoms with Gasteiger partial charge in [-0.25, -0.2) is 0 Å². The molecule has 0 aliphatic heterocycles. The third kappa shape index (κ3) is 2.84.